The molecule has 0 atom stereocenters. The molecule has 6 aromatic heterocycles. The van der Waals surface area contributed by atoms with Crippen molar-refractivity contribution in [3.8, 4) is 45.4 Å². The van der Waals surface area contributed by atoms with Gasteiger partial charge in [0, 0.05) is 97.0 Å². The van der Waals surface area contributed by atoms with Crippen molar-refractivity contribution in [3.63, 3.8) is 0 Å². The predicted molar refractivity (Wildman–Crippen MR) is 261 cm³/mol. The Balaban J connectivity index is 0.000000222. The van der Waals surface area contributed by atoms with E-state index in [0.717, 1.165) is 72.5 Å². The molecule has 0 bridgehead atoms. The summed E-state index contributed by atoms with van der Waals surface area (Å²) in [6.07, 6.45) is -1.34. The Labute approximate surface area is 425 Å². The second-order valence-electron chi connectivity index (χ2n) is 16.5. The van der Waals surface area contributed by atoms with E-state index in [-0.39, 0.29) is 45.8 Å². The third-order valence-corrected chi connectivity index (χ3v) is 11.1. The van der Waals surface area contributed by atoms with Crippen LogP contribution < -0.4 is 35.9 Å². The first-order valence-corrected chi connectivity index (χ1v) is 23.5. The Morgan fingerprint density at radius 1 is 0.645 bits per heavy atom. The fourth-order valence-corrected chi connectivity index (χ4v) is 7.65. The van der Waals surface area contributed by atoms with Gasteiger partial charge in [0.15, 0.2) is 23.0 Å². The summed E-state index contributed by atoms with van der Waals surface area (Å²) < 4.78 is 119. The van der Waals surface area contributed by atoms with Gasteiger partial charge in [0.2, 0.25) is 21.9 Å². The first-order valence-electron chi connectivity index (χ1n) is 21.6. The molecule has 0 aliphatic rings. The number of rotatable bonds is 13. The number of nitrogens with zero attached hydrogens (tertiary/aromatic N) is 10. The molecule has 8 rings (SSSR count). The Morgan fingerprint density at radius 2 is 1.05 bits per heavy atom. The molecule has 22 nitrogen and oxygen atoms in total. The molecule has 0 unspecified atom stereocenters. The van der Waals surface area contributed by atoms with E-state index in [4.69, 9.17) is 9.47 Å². The van der Waals surface area contributed by atoms with Gasteiger partial charge in [0.05, 0.1) is 20.5 Å². The Bertz CT molecular complexity index is 3800. The number of carboxylic acid groups (broad SMARTS) is 1. The zero-order chi connectivity index (χ0) is 55.6. The molecule has 4 N–H and O–H groups in total. The average molecular weight is 1080 g/mol. The topological polar surface area (TPSA) is 274 Å². The number of methoxy groups -OCH3 is 2. The highest BCUT2D eigenvalue weighted by atomic mass is 32.2. The Kier molecular flexibility index (Phi) is 15.2. The van der Waals surface area contributed by atoms with Crippen molar-refractivity contribution in [1.29, 1.82) is 0 Å². The van der Waals surface area contributed by atoms with E-state index in [2.05, 4.69) is 40.8 Å². The number of pyridine rings is 2. The van der Waals surface area contributed by atoms with Gasteiger partial charge in [-0.15, -0.1) is 0 Å². The number of hydrogen-bond acceptors (Lipinski definition) is 16. The van der Waals surface area contributed by atoms with Gasteiger partial charge in [-0.2, -0.15) is 46.5 Å². The Morgan fingerprint density at radius 3 is 1.42 bits per heavy atom. The van der Waals surface area contributed by atoms with E-state index in [1.54, 1.807) is 35.1 Å². The average Bonchev–Trinajstić information content (AvgIpc) is 4.05. The highest BCUT2D eigenvalue weighted by molar-refractivity contribution is 7.89. The number of aryl methyl sites for hydroxylation is 4. The van der Waals surface area contributed by atoms with Gasteiger partial charge in [0.1, 0.15) is 22.6 Å². The fourth-order valence-electron chi connectivity index (χ4n) is 7.20. The van der Waals surface area contributed by atoms with Gasteiger partial charge < -0.3 is 34.3 Å². The number of carboxylic acids is 1. The molecule has 6 heterocycles. The lowest BCUT2D eigenvalue weighted by Crippen LogP contribution is -2.35. The van der Waals surface area contributed by atoms with Crippen molar-refractivity contribution in [3.05, 3.63) is 152 Å². The lowest BCUT2D eigenvalue weighted by atomic mass is 10.1. The number of carbonyl (C=O) groups excluding carboxylic acids is 1. The molecule has 0 spiro atoms. The maximum atomic E-state index is 13.3. The number of anilines is 4. The Hall–Kier alpha value is -9.41. The predicted octanol–water partition coefficient (Wildman–Crippen LogP) is 6.60. The second-order valence-corrected chi connectivity index (χ2v) is 18.3. The number of amides is 1. The number of carbonyl (C=O) groups is 2. The third-order valence-electron chi connectivity index (χ3n) is 10.6. The van der Waals surface area contributed by atoms with E-state index in [0.29, 0.717) is 22.9 Å². The zero-order valence-corrected chi connectivity index (χ0v) is 41.4. The minimum absolute atomic E-state index is 0.00433. The summed E-state index contributed by atoms with van der Waals surface area (Å²) in [4.78, 5) is 66.1. The van der Waals surface area contributed by atoms with Crippen LogP contribution in [0.2, 0.25) is 0 Å². The molecule has 0 saturated heterocycles. The van der Waals surface area contributed by atoms with Crippen LogP contribution in [0.4, 0.5) is 49.6 Å². The number of halogens is 6. The summed E-state index contributed by atoms with van der Waals surface area (Å²) in [6.45, 7) is 3.69. The molecule has 2 aromatic carbocycles. The second kappa shape index (κ2) is 21.2. The molecular formula is C47H41F6N13O9S. The van der Waals surface area contributed by atoms with Crippen LogP contribution in [-0.2, 0) is 36.5 Å². The quantitative estimate of drug-likeness (QED) is 0.0885. The van der Waals surface area contributed by atoms with Crippen LogP contribution in [0.1, 0.15) is 43.2 Å². The van der Waals surface area contributed by atoms with E-state index in [1.165, 1.54) is 53.1 Å². The highest BCUT2D eigenvalue weighted by Gasteiger charge is 2.35. The minimum Gasteiger partial charge on any atom is -0.497 e. The standard InChI is InChI=1S/C24H22F3N7O5S.C23H19F3N6O4/c1-13-7-15(10-16(8-13)39-3)29-23-28-11-18(20(30-23)34-6-5-19(31-34)24(25,26)27)14-9-17(22(36)33(2)12-14)21(35)32-40(4,37)38;1-12-6-14(9-15(7-12)36-3)28-22-27-10-17(13-8-16(21(34)35)20(33)31(2)11-13)19(29-22)32-5-4-18(30-32)23(24,25)26/h5-12H,1-4H3,(H,32,35)(H,28,29,30);4-11H,1-3H3,(H,34,35)(H,27,28,29). The van der Waals surface area contributed by atoms with Crippen molar-refractivity contribution in [2.45, 2.75) is 26.2 Å². The molecule has 8 aromatic rings. The molecule has 0 aliphatic carbocycles. The highest BCUT2D eigenvalue weighted by Crippen LogP contribution is 2.33. The number of benzene rings is 2. The normalized spacial score (nSPS) is 11.6. The smallest absolute Gasteiger partial charge is 0.435 e. The van der Waals surface area contributed by atoms with E-state index in [9.17, 15) is 59.0 Å². The number of aromatic carboxylic acids is 1. The van der Waals surface area contributed by atoms with Crippen LogP contribution in [0, 0.1) is 13.8 Å². The third kappa shape index (κ3) is 12.7. The van der Waals surface area contributed by atoms with Gasteiger partial charge >= 0.3 is 18.3 Å². The van der Waals surface area contributed by atoms with Gasteiger partial charge in [-0.3, -0.25) is 14.4 Å². The minimum atomic E-state index is -4.73. The van der Waals surface area contributed by atoms with Gasteiger partial charge in [-0.05, 0) is 73.5 Å². The van der Waals surface area contributed by atoms with Crippen LogP contribution >= 0.6 is 0 Å². The molecule has 0 saturated carbocycles. The molecule has 396 valence electrons. The monoisotopic (exact) mass is 1080 g/mol. The molecule has 1 amide bonds. The van der Waals surface area contributed by atoms with E-state index < -0.39 is 67.9 Å². The summed E-state index contributed by atoms with van der Waals surface area (Å²) in [5.41, 5.74) is -1.53. The number of alkyl halides is 6. The molecule has 76 heavy (non-hydrogen) atoms. The number of hydrogen-bond donors (Lipinski definition) is 4. The van der Waals surface area contributed by atoms with Crippen LogP contribution in [0.3, 0.4) is 0 Å². The van der Waals surface area contributed by atoms with Gasteiger partial charge in [0.25, 0.3) is 17.0 Å². The molecule has 29 heteroatoms. The lowest BCUT2D eigenvalue weighted by Gasteiger charge is -2.14. The number of sulfonamides is 1. The number of nitrogens with one attached hydrogen (secondary N) is 3. The molecular weight excluding hydrogens is 1040 g/mol. The summed E-state index contributed by atoms with van der Waals surface area (Å²) >= 11 is 0. The summed E-state index contributed by atoms with van der Waals surface area (Å²) in [5, 5.41) is 22.6. The van der Waals surface area contributed by atoms with Crippen molar-refractivity contribution in [2.75, 3.05) is 31.1 Å². The fraction of sp³-hybridized carbons (Fsp3) is 0.191. The molecule has 0 aliphatic heterocycles. The van der Waals surface area contributed by atoms with Crippen LogP contribution in [-0.4, -0.2) is 94.5 Å². The van der Waals surface area contributed by atoms with Crippen molar-refractivity contribution in [1.82, 2.24) is 53.4 Å². The zero-order valence-electron chi connectivity index (χ0n) is 40.6. The largest absolute Gasteiger partial charge is 0.497 e. The summed E-state index contributed by atoms with van der Waals surface area (Å²) in [6, 6.07) is 14.3. The van der Waals surface area contributed by atoms with Crippen LogP contribution in [0.15, 0.2) is 107 Å². The van der Waals surface area contributed by atoms with Crippen LogP contribution in [0.25, 0.3) is 33.9 Å². The van der Waals surface area contributed by atoms with E-state index in [1.807, 2.05) is 19.9 Å². The first-order chi connectivity index (χ1) is 35.6. The van der Waals surface area contributed by atoms with Gasteiger partial charge in [-0.1, -0.05) is 0 Å². The maximum absolute atomic E-state index is 13.3. The molecule has 0 radical (unpaired) electrons. The SMILES string of the molecule is COc1cc(C)cc(Nc2ncc(-c3cc(C(=O)NS(C)(=O)=O)c(=O)n(C)c3)c(-n3ccc(C(F)(F)F)n3)n2)c1.COc1cc(C)cc(Nc2ncc(-c3cc(C(=O)O)c(=O)n(C)c3)c(-n3ccc(C(F)(F)F)n3)n2)c1. The summed E-state index contributed by atoms with van der Waals surface area (Å²) in [7, 11) is 1.69. The molecule has 0 fully saturated rings. The maximum Gasteiger partial charge on any atom is 0.435 e. The van der Waals surface area contributed by atoms with Crippen molar-refractivity contribution >= 4 is 45.2 Å². The number of ether oxygens (including phenoxy) is 2. The van der Waals surface area contributed by atoms with E-state index >= 15 is 0 Å². The lowest BCUT2D eigenvalue weighted by molar-refractivity contribution is -0.142. The van der Waals surface area contributed by atoms with Crippen molar-refractivity contribution < 1.29 is 58.9 Å². The number of aromatic nitrogens is 10. The first kappa shape index (κ1) is 54.4. The van der Waals surface area contributed by atoms with Crippen LogP contribution in [0.5, 0.6) is 11.5 Å². The van der Waals surface area contributed by atoms with Crippen molar-refractivity contribution in [2.24, 2.45) is 14.1 Å². The van der Waals surface area contributed by atoms with Gasteiger partial charge in [-0.25, -0.2) is 37.3 Å². The summed E-state index contributed by atoms with van der Waals surface area (Å²) in [5.74, 6) is -1.68.